The molecule has 7 rings (SSSR count). The Morgan fingerprint density at radius 1 is 0.605 bits per heavy atom. The first-order valence-electron chi connectivity index (χ1n) is 12.7. The Balaban J connectivity index is 0.00000264. The van der Waals surface area contributed by atoms with Gasteiger partial charge in [0.05, 0.1) is 0 Å². The Morgan fingerprint density at radius 3 is 1.89 bits per heavy atom. The van der Waals surface area contributed by atoms with Crippen molar-refractivity contribution in [3.8, 4) is 33.5 Å². The van der Waals surface area contributed by atoms with Crippen LogP contribution in [0.3, 0.4) is 0 Å². The van der Waals surface area contributed by atoms with Crippen LogP contribution in [0.15, 0.2) is 115 Å². The van der Waals surface area contributed by atoms with Crippen LogP contribution in [-0.2, 0) is 20.1 Å². The number of benzene rings is 5. The van der Waals surface area contributed by atoms with Crippen LogP contribution in [0.4, 0.5) is 0 Å². The van der Waals surface area contributed by atoms with Crippen molar-refractivity contribution in [1.29, 1.82) is 0 Å². The summed E-state index contributed by atoms with van der Waals surface area (Å²) in [4.78, 5) is 0. The van der Waals surface area contributed by atoms with Gasteiger partial charge in [-0.3, -0.25) is 0 Å². The van der Waals surface area contributed by atoms with E-state index in [1.165, 1.54) is 55.2 Å². The van der Waals surface area contributed by atoms with Crippen molar-refractivity contribution in [2.75, 3.05) is 0 Å². The third-order valence-electron chi connectivity index (χ3n) is 7.54. The molecule has 0 aliphatic heterocycles. The molecular weight excluding hydrogens is 639 g/mol. The van der Waals surface area contributed by atoms with Crippen molar-refractivity contribution >= 4 is 27.2 Å². The predicted molar refractivity (Wildman–Crippen MR) is 156 cm³/mol. The number of pyridine rings is 1. The van der Waals surface area contributed by atoms with Gasteiger partial charge in [0.15, 0.2) is 0 Å². The summed E-state index contributed by atoms with van der Waals surface area (Å²) in [7, 11) is 0. The zero-order valence-corrected chi connectivity index (χ0v) is 23.6. The standard InChI is InChI=1S/C36H25N.Ir/c1-24-22-32-30-16-9-10-17-31(30)33-20-21-34(37(33)35(32)23-25(24)2)36-28(26-12-5-3-6-13-26)18-11-19-29(36)27-14-7-4-8-15-27;/h3-16,18-19,21-23H,1-2H3;/q-2;. The smallest absolute Gasteiger partial charge is 0.0221 e. The molecule has 2 aromatic heterocycles. The van der Waals surface area contributed by atoms with E-state index in [9.17, 15) is 0 Å². The Labute approximate surface area is 236 Å². The molecule has 0 spiro atoms. The van der Waals surface area contributed by atoms with Gasteiger partial charge in [-0.05, 0) is 64.2 Å². The van der Waals surface area contributed by atoms with Crippen molar-refractivity contribution in [2.45, 2.75) is 13.8 Å². The van der Waals surface area contributed by atoms with Gasteiger partial charge >= 0.3 is 0 Å². The van der Waals surface area contributed by atoms with E-state index in [0.717, 1.165) is 16.6 Å². The van der Waals surface area contributed by atoms with Crippen molar-refractivity contribution in [1.82, 2.24) is 4.40 Å². The van der Waals surface area contributed by atoms with Gasteiger partial charge in [-0.1, -0.05) is 90.6 Å². The van der Waals surface area contributed by atoms with E-state index in [2.05, 4.69) is 140 Å². The fourth-order valence-electron chi connectivity index (χ4n) is 5.61. The molecule has 1 radical (unpaired) electrons. The van der Waals surface area contributed by atoms with Crippen LogP contribution in [0.2, 0.25) is 0 Å². The maximum absolute atomic E-state index is 3.64. The average Bonchev–Trinajstić information content (AvgIpc) is 3.40. The van der Waals surface area contributed by atoms with Crippen molar-refractivity contribution in [3.63, 3.8) is 0 Å². The Bertz CT molecular complexity index is 1870. The van der Waals surface area contributed by atoms with Crippen molar-refractivity contribution < 1.29 is 20.1 Å². The van der Waals surface area contributed by atoms with E-state index in [1.54, 1.807) is 0 Å². The van der Waals surface area contributed by atoms with Gasteiger partial charge in [0.2, 0.25) is 0 Å². The molecule has 2 heterocycles. The first-order valence-corrected chi connectivity index (χ1v) is 12.7. The van der Waals surface area contributed by atoms with Gasteiger partial charge in [-0.2, -0.15) is 23.0 Å². The minimum absolute atomic E-state index is 0. The molecule has 0 bridgehead atoms. The number of aryl methyl sites for hydroxylation is 2. The Kier molecular flexibility index (Phi) is 6.24. The molecule has 1 nitrogen and oxygen atoms in total. The molecule has 0 saturated carbocycles. The topological polar surface area (TPSA) is 4.41 Å². The summed E-state index contributed by atoms with van der Waals surface area (Å²) >= 11 is 0. The molecule has 5 aromatic carbocycles. The fourth-order valence-corrected chi connectivity index (χ4v) is 5.61. The van der Waals surface area contributed by atoms with Gasteiger partial charge in [-0.25, -0.2) is 17.5 Å². The number of hydrogen-bond acceptors (Lipinski definition) is 0. The fraction of sp³-hybridized carbons (Fsp3) is 0.0556. The second-order valence-corrected chi connectivity index (χ2v) is 9.73. The average molecular weight is 664 g/mol. The van der Waals surface area contributed by atoms with Crippen LogP contribution in [0.25, 0.3) is 60.7 Å². The number of fused-ring (bicyclic) bond motifs is 6. The Hall–Kier alpha value is -3.97. The molecule has 0 atom stereocenters. The quantitative estimate of drug-likeness (QED) is 0.131. The maximum Gasteiger partial charge on any atom is 0.0221 e. The summed E-state index contributed by atoms with van der Waals surface area (Å²) in [6.45, 7) is 4.39. The summed E-state index contributed by atoms with van der Waals surface area (Å²) in [5.41, 5.74) is 12.0. The van der Waals surface area contributed by atoms with E-state index in [0.29, 0.717) is 0 Å². The minimum atomic E-state index is 0. The summed E-state index contributed by atoms with van der Waals surface area (Å²) in [5.74, 6) is 0. The van der Waals surface area contributed by atoms with E-state index in [4.69, 9.17) is 0 Å². The first-order chi connectivity index (χ1) is 18.2. The molecule has 0 saturated heterocycles. The van der Waals surface area contributed by atoms with Crippen LogP contribution in [0, 0.1) is 26.0 Å². The third-order valence-corrected chi connectivity index (χ3v) is 7.54. The van der Waals surface area contributed by atoms with Gasteiger partial charge in [0, 0.05) is 25.6 Å². The number of aromatic nitrogens is 1. The van der Waals surface area contributed by atoms with Crippen molar-refractivity contribution in [2.24, 2.45) is 0 Å². The zero-order valence-electron chi connectivity index (χ0n) is 21.3. The number of hydrogen-bond donors (Lipinski definition) is 0. The Morgan fingerprint density at radius 2 is 1.24 bits per heavy atom. The van der Waals surface area contributed by atoms with Gasteiger partial charge in [-0.15, -0.1) is 12.1 Å². The molecule has 7 aromatic rings. The third kappa shape index (κ3) is 3.80. The molecule has 2 heteroatoms. The van der Waals surface area contributed by atoms with E-state index in [-0.39, 0.29) is 20.1 Å². The van der Waals surface area contributed by atoms with E-state index in [1.807, 2.05) is 6.07 Å². The normalized spacial score (nSPS) is 11.2. The molecule has 0 aliphatic rings. The van der Waals surface area contributed by atoms with Crippen LogP contribution in [0.1, 0.15) is 11.1 Å². The maximum atomic E-state index is 3.64. The summed E-state index contributed by atoms with van der Waals surface area (Å²) < 4.78 is 2.40. The molecule has 0 fully saturated rings. The zero-order chi connectivity index (χ0) is 24.9. The summed E-state index contributed by atoms with van der Waals surface area (Å²) in [6, 6.07) is 48.3. The number of nitrogens with zero attached hydrogens (tertiary/aromatic N) is 1. The first kappa shape index (κ1) is 24.4. The van der Waals surface area contributed by atoms with Gasteiger partial charge in [0.25, 0.3) is 0 Å². The molecule has 38 heavy (non-hydrogen) atoms. The van der Waals surface area contributed by atoms with Crippen LogP contribution in [-0.4, -0.2) is 4.40 Å². The monoisotopic (exact) mass is 664 g/mol. The SMILES string of the molecule is Cc1cc2c3ccc[c-]c3c3[c-]cc(-c4c(-c5ccccc5)cccc4-c4ccccc4)n3c2cc1C.[Ir]. The van der Waals surface area contributed by atoms with Crippen molar-refractivity contribution in [3.05, 3.63) is 139 Å². The summed E-state index contributed by atoms with van der Waals surface area (Å²) in [5, 5.41) is 3.56. The van der Waals surface area contributed by atoms with E-state index >= 15 is 0 Å². The van der Waals surface area contributed by atoms with Crippen LogP contribution < -0.4 is 0 Å². The van der Waals surface area contributed by atoms with Crippen LogP contribution >= 0.6 is 0 Å². The predicted octanol–water partition coefficient (Wildman–Crippen LogP) is 9.46. The number of rotatable bonds is 3. The molecule has 0 amide bonds. The van der Waals surface area contributed by atoms with E-state index < -0.39 is 0 Å². The second kappa shape index (κ2) is 9.72. The second-order valence-electron chi connectivity index (χ2n) is 9.73. The minimum Gasteiger partial charge on any atom is -0.427 e. The molecule has 0 unspecified atom stereocenters. The summed E-state index contributed by atoms with van der Waals surface area (Å²) in [6.07, 6.45) is 0. The molecular formula is C36H25IrN-2. The molecule has 185 valence electrons. The van der Waals surface area contributed by atoms with Crippen LogP contribution in [0.5, 0.6) is 0 Å². The molecule has 0 N–H and O–H groups in total. The van der Waals surface area contributed by atoms with Gasteiger partial charge < -0.3 is 4.40 Å². The largest absolute Gasteiger partial charge is 0.427 e. The molecule has 0 aliphatic carbocycles. The van der Waals surface area contributed by atoms with Gasteiger partial charge in [0.1, 0.15) is 0 Å².